The standard InChI is InChI=1S/C14H15N7O3/c15-4-16-3-8-10(22)11(23)14(24-8)21-6-19-9-12(20-7-1-2-7)17-5-18-13(9)21/h3,5-8,10-11,14,22-23H,1-2H2,(H,17,18,20)/t8-,10-,11-,14-/m1/s1. The van der Waals surface area contributed by atoms with Crippen LogP contribution in [0.1, 0.15) is 19.1 Å². The van der Waals surface area contributed by atoms with Gasteiger partial charge in [0.05, 0.1) is 6.33 Å². The van der Waals surface area contributed by atoms with Crippen molar-refractivity contribution in [3.8, 4) is 6.19 Å². The van der Waals surface area contributed by atoms with Gasteiger partial charge >= 0.3 is 0 Å². The first-order valence-electron chi connectivity index (χ1n) is 7.57. The number of aliphatic hydroxyl groups is 2. The zero-order valence-electron chi connectivity index (χ0n) is 12.5. The Morgan fingerprint density at radius 2 is 2.17 bits per heavy atom. The van der Waals surface area contributed by atoms with Crippen molar-refractivity contribution in [3.05, 3.63) is 12.7 Å². The zero-order valence-corrected chi connectivity index (χ0v) is 12.5. The van der Waals surface area contributed by atoms with Crippen molar-refractivity contribution in [3.63, 3.8) is 0 Å². The van der Waals surface area contributed by atoms with E-state index in [0.717, 1.165) is 12.8 Å². The average molecular weight is 329 g/mol. The highest BCUT2D eigenvalue weighted by Gasteiger charge is 2.43. The lowest BCUT2D eigenvalue weighted by Crippen LogP contribution is -2.32. The van der Waals surface area contributed by atoms with E-state index in [0.29, 0.717) is 23.0 Å². The Morgan fingerprint density at radius 1 is 1.33 bits per heavy atom. The minimum absolute atomic E-state index is 0.412. The summed E-state index contributed by atoms with van der Waals surface area (Å²) in [6.45, 7) is 0. The highest BCUT2D eigenvalue weighted by Crippen LogP contribution is 2.32. The van der Waals surface area contributed by atoms with E-state index in [1.165, 1.54) is 18.9 Å². The number of imidazole rings is 1. The van der Waals surface area contributed by atoms with Gasteiger partial charge in [0.25, 0.3) is 0 Å². The van der Waals surface area contributed by atoms with Crippen LogP contribution in [0, 0.1) is 11.5 Å². The maximum Gasteiger partial charge on any atom is 0.205 e. The second-order valence-corrected chi connectivity index (χ2v) is 5.82. The van der Waals surface area contributed by atoms with E-state index in [2.05, 4.69) is 25.3 Å². The van der Waals surface area contributed by atoms with E-state index in [-0.39, 0.29) is 0 Å². The van der Waals surface area contributed by atoms with Crippen LogP contribution in [0.25, 0.3) is 11.2 Å². The minimum Gasteiger partial charge on any atom is -0.387 e. The Bertz CT molecular complexity index is 825. The topological polar surface area (TPSA) is 141 Å². The van der Waals surface area contributed by atoms with Crippen LogP contribution in [0.4, 0.5) is 5.82 Å². The van der Waals surface area contributed by atoms with Gasteiger partial charge in [0, 0.05) is 12.3 Å². The van der Waals surface area contributed by atoms with Gasteiger partial charge in [0.15, 0.2) is 23.2 Å². The predicted molar refractivity (Wildman–Crippen MR) is 82.0 cm³/mol. The molecule has 0 bridgehead atoms. The second-order valence-electron chi connectivity index (χ2n) is 5.82. The monoisotopic (exact) mass is 329 g/mol. The van der Waals surface area contributed by atoms with Gasteiger partial charge in [-0.3, -0.25) is 4.57 Å². The van der Waals surface area contributed by atoms with Crippen LogP contribution in [0.3, 0.4) is 0 Å². The van der Waals surface area contributed by atoms with E-state index in [9.17, 15) is 10.2 Å². The Morgan fingerprint density at radius 3 is 2.92 bits per heavy atom. The van der Waals surface area contributed by atoms with Gasteiger partial charge in [-0.2, -0.15) is 10.3 Å². The lowest BCUT2D eigenvalue weighted by Gasteiger charge is -2.16. The fourth-order valence-corrected chi connectivity index (χ4v) is 2.71. The van der Waals surface area contributed by atoms with Gasteiger partial charge in [0.1, 0.15) is 24.6 Å². The molecule has 0 aromatic carbocycles. The number of aromatic nitrogens is 4. The minimum atomic E-state index is -1.20. The van der Waals surface area contributed by atoms with Crippen molar-refractivity contribution in [1.29, 1.82) is 5.26 Å². The Balaban J connectivity index is 1.67. The average Bonchev–Trinajstić information content (AvgIpc) is 3.23. The number of nitrogens with zero attached hydrogens (tertiary/aromatic N) is 6. The third kappa shape index (κ3) is 2.48. The first-order valence-corrected chi connectivity index (χ1v) is 7.57. The predicted octanol–water partition coefficient (Wildman–Crippen LogP) is -0.428. The summed E-state index contributed by atoms with van der Waals surface area (Å²) >= 11 is 0. The molecular formula is C14H15N7O3. The summed E-state index contributed by atoms with van der Waals surface area (Å²) in [7, 11) is 0. The van der Waals surface area contributed by atoms with Crippen LogP contribution >= 0.6 is 0 Å². The molecule has 2 aromatic heterocycles. The quantitative estimate of drug-likeness (QED) is 0.507. The number of ether oxygens (including phenoxy) is 1. The van der Waals surface area contributed by atoms with Crippen molar-refractivity contribution in [2.75, 3.05) is 5.32 Å². The number of hydrogen-bond donors (Lipinski definition) is 3. The highest BCUT2D eigenvalue weighted by atomic mass is 16.6. The smallest absolute Gasteiger partial charge is 0.205 e. The fraction of sp³-hybridized carbons (Fsp3) is 0.500. The second kappa shape index (κ2) is 5.79. The molecule has 2 fully saturated rings. The van der Waals surface area contributed by atoms with E-state index in [1.807, 2.05) is 0 Å². The first kappa shape index (κ1) is 14.9. The number of rotatable bonds is 4. The maximum absolute atomic E-state index is 10.3. The largest absolute Gasteiger partial charge is 0.387 e. The molecule has 124 valence electrons. The summed E-state index contributed by atoms with van der Waals surface area (Å²) in [6, 6.07) is 0.412. The normalized spacial score (nSPS) is 30.0. The van der Waals surface area contributed by atoms with Crippen LogP contribution < -0.4 is 5.32 Å². The van der Waals surface area contributed by atoms with Gasteiger partial charge in [-0.25, -0.2) is 15.0 Å². The van der Waals surface area contributed by atoms with Gasteiger partial charge in [-0.1, -0.05) is 0 Å². The molecule has 0 amide bonds. The third-order valence-electron chi connectivity index (χ3n) is 4.11. The fourth-order valence-electron chi connectivity index (χ4n) is 2.71. The molecule has 1 aliphatic heterocycles. The number of nitriles is 1. The molecule has 2 aliphatic rings. The Kier molecular flexibility index (Phi) is 3.61. The lowest BCUT2D eigenvalue weighted by atomic mass is 10.1. The molecule has 10 heteroatoms. The van der Waals surface area contributed by atoms with Crippen LogP contribution in [-0.2, 0) is 4.74 Å². The van der Waals surface area contributed by atoms with Crippen LogP contribution in [-0.4, -0.2) is 60.3 Å². The van der Waals surface area contributed by atoms with E-state index >= 15 is 0 Å². The van der Waals surface area contributed by atoms with Crippen molar-refractivity contribution >= 4 is 23.2 Å². The van der Waals surface area contributed by atoms with Gasteiger partial charge in [-0.15, -0.1) is 0 Å². The molecule has 3 N–H and O–H groups in total. The molecule has 3 heterocycles. The van der Waals surface area contributed by atoms with Crippen molar-refractivity contribution < 1.29 is 14.9 Å². The lowest BCUT2D eigenvalue weighted by molar-refractivity contribution is -0.0212. The number of aliphatic imine (C=N–C) groups is 1. The summed E-state index contributed by atoms with van der Waals surface area (Å²) in [4.78, 5) is 16.1. The molecule has 0 spiro atoms. The molecule has 10 nitrogen and oxygen atoms in total. The Hall–Kier alpha value is -2.61. The van der Waals surface area contributed by atoms with Gasteiger partial charge in [0.2, 0.25) is 6.19 Å². The molecule has 1 saturated heterocycles. The van der Waals surface area contributed by atoms with Gasteiger partial charge in [-0.05, 0) is 12.8 Å². The molecule has 24 heavy (non-hydrogen) atoms. The summed E-state index contributed by atoms with van der Waals surface area (Å²) < 4.78 is 7.16. The van der Waals surface area contributed by atoms with Crippen LogP contribution in [0.15, 0.2) is 17.6 Å². The molecule has 4 rings (SSSR count). The number of fused-ring (bicyclic) bond motifs is 1. The summed E-state index contributed by atoms with van der Waals surface area (Å²) in [6.07, 6.45) is 3.69. The first-order chi connectivity index (χ1) is 11.7. The SMILES string of the molecule is N#CN=C[C@H]1O[C@@H](n2cnc3c(NC4CC4)ncnc32)[C@H](O)[C@@H]1O. The summed E-state index contributed by atoms with van der Waals surface area (Å²) in [5.74, 6) is 0.636. The number of nitrogens with one attached hydrogen (secondary N) is 1. The number of aliphatic hydroxyl groups excluding tert-OH is 2. The summed E-state index contributed by atoms with van der Waals surface area (Å²) in [5, 5.41) is 32.1. The molecule has 0 unspecified atom stereocenters. The molecule has 0 radical (unpaired) electrons. The molecular weight excluding hydrogens is 314 g/mol. The Labute approximate surface area is 136 Å². The van der Waals surface area contributed by atoms with E-state index in [4.69, 9.17) is 10.00 Å². The summed E-state index contributed by atoms with van der Waals surface area (Å²) in [5.41, 5.74) is 1.06. The number of anilines is 1. The van der Waals surface area contributed by atoms with Crippen LogP contribution in [0.2, 0.25) is 0 Å². The van der Waals surface area contributed by atoms with Gasteiger partial charge < -0.3 is 20.3 Å². The van der Waals surface area contributed by atoms with Crippen molar-refractivity contribution in [2.24, 2.45) is 4.99 Å². The zero-order chi connectivity index (χ0) is 16.7. The molecule has 4 atom stereocenters. The molecule has 2 aromatic rings. The molecule has 1 aliphatic carbocycles. The van der Waals surface area contributed by atoms with Crippen molar-refractivity contribution in [2.45, 2.75) is 43.4 Å². The maximum atomic E-state index is 10.3. The van der Waals surface area contributed by atoms with Crippen LogP contribution in [0.5, 0.6) is 0 Å². The molecule has 1 saturated carbocycles. The highest BCUT2D eigenvalue weighted by molar-refractivity contribution is 5.83. The van der Waals surface area contributed by atoms with E-state index < -0.39 is 24.5 Å². The van der Waals surface area contributed by atoms with E-state index in [1.54, 1.807) is 10.8 Å². The third-order valence-corrected chi connectivity index (χ3v) is 4.11. The van der Waals surface area contributed by atoms with Crippen molar-refractivity contribution in [1.82, 2.24) is 19.5 Å². The number of hydrogen-bond acceptors (Lipinski definition) is 9.